The molecular formula is C14H23N3. The van der Waals surface area contributed by atoms with Gasteiger partial charge in [-0.2, -0.15) is 0 Å². The van der Waals surface area contributed by atoms with E-state index in [1.807, 2.05) is 0 Å². The van der Waals surface area contributed by atoms with Gasteiger partial charge in [0.05, 0.1) is 0 Å². The van der Waals surface area contributed by atoms with Gasteiger partial charge in [-0.25, -0.2) is 9.97 Å². The first kappa shape index (κ1) is 12.3. The molecular weight excluding hydrogens is 210 g/mol. The molecule has 0 unspecified atom stereocenters. The van der Waals surface area contributed by atoms with Crippen LogP contribution in [0.5, 0.6) is 0 Å². The fourth-order valence-electron chi connectivity index (χ4n) is 2.27. The topological polar surface area (TPSA) is 51.8 Å². The van der Waals surface area contributed by atoms with Crippen LogP contribution in [0.2, 0.25) is 0 Å². The van der Waals surface area contributed by atoms with Crippen molar-refractivity contribution in [2.24, 2.45) is 5.41 Å². The summed E-state index contributed by atoms with van der Waals surface area (Å²) in [6, 6.07) is 0. The Kier molecular flexibility index (Phi) is 3.36. The average Bonchev–Trinajstić information content (AvgIpc) is 2.26. The van der Waals surface area contributed by atoms with Crippen LogP contribution in [0.4, 0.5) is 5.82 Å². The predicted octanol–water partition coefficient (Wildman–Crippen LogP) is 2.92. The number of nitrogens with zero attached hydrogens (tertiary/aromatic N) is 2. The van der Waals surface area contributed by atoms with Crippen LogP contribution in [0.3, 0.4) is 0 Å². The third kappa shape index (κ3) is 3.18. The van der Waals surface area contributed by atoms with E-state index in [-0.39, 0.29) is 0 Å². The molecule has 3 heteroatoms. The second kappa shape index (κ2) is 4.63. The molecule has 1 heterocycles. The van der Waals surface area contributed by atoms with E-state index in [4.69, 9.17) is 5.73 Å². The molecule has 3 nitrogen and oxygen atoms in total. The van der Waals surface area contributed by atoms with Gasteiger partial charge in [0.1, 0.15) is 11.6 Å². The summed E-state index contributed by atoms with van der Waals surface area (Å²) in [7, 11) is 0. The number of anilines is 1. The molecule has 94 valence electrons. The van der Waals surface area contributed by atoms with E-state index in [0.717, 1.165) is 37.3 Å². The molecule has 1 aromatic heterocycles. The van der Waals surface area contributed by atoms with E-state index in [0.29, 0.717) is 5.41 Å². The lowest BCUT2D eigenvalue weighted by molar-refractivity contribution is 0.374. The van der Waals surface area contributed by atoms with Crippen LogP contribution in [0, 0.1) is 5.41 Å². The standard InChI is InChI=1S/C14H23N3/c1-14(2,3)9-8-12-16-11-7-5-4-6-10(11)13(15)17-12/h4-9H2,1-3H3,(H2,15,16,17). The average molecular weight is 233 g/mol. The number of aryl methyl sites for hydroxylation is 2. The number of hydrogen-bond donors (Lipinski definition) is 1. The number of nitrogens with two attached hydrogens (primary N) is 1. The van der Waals surface area contributed by atoms with Crippen molar-refractivity contribution in [3.8, 4) is 0 Å². The maximum atomic E-state index is 6.03. The van der Waals surface area contributed by atoms with E-state index >= 15 is 0 Å². The molecule has 0 spiro atoms. The maximum absolute atomic E-state index is 6.03. The van der Waals surface area contributed by atoms with E-state index in [1.54, 1.807) is 0 Å². The van der Waals surface area contributed by atoms with Gasteiger partial charge in [-0.15, -0.1) is 0 Å². The molecule has 2 rings (SSSR count). The lowest BCUT2D eigenvalue weighted by Gasteiger charge is -2.20. The van der Waals surface area contributed by atoms with E-state index in [1.165, 1.54) is 24.1 Å². The van der Waals surface area contributed by atoms with Crippen molar-refractivity contribution in [2.45, 2.75) is 59.3 Å². The van der Waals surface area contributed by atoms with Crippen LogP contribution in [-0.2, 0) is 19.3 Å². The Morgan fingerprint density at radius 3 is 2.53 bits per heavy atom. The molecule has 1 aliphatic rings. The fourth-order valence-corrected chi connectivity index (χ4v) is 2.27. The summed E-state index contributed by atoms with van der Waals surface area (Å²) < 4.78 is 0. The Hall–Kier alpha value is -1.12. The highest BCUT2D eigenvalue weighted by Crippen LogP contribution is 2.25. The van der Waals surface area contributed by atoms with Crippen molar-refractivity contribution >= 4 is 5.82 Å². The van der Waals surface area contributed by atoms with Gasteiger partial charge in [0.15, 0.2) is 0 Å². The molecule has 17 heavy (non-hydrogen) atoms. The molecule has 0 saturated carbocycles. The maximum Gasteiger partial charge on any atom is 0.131 e. The van der Waals surface area contributed by atoms with Crippen LogP contribution < -0.4 is 5.73 Å². The van der Waals surface area contributed by atoms with Crippen LogP contribution >= 0.6 is 0 Å². The molecule has 0 amide bonds. The highest BCUT2D eigenvalue weighted by Gasteiger charge is 2.17. The number of nitrogen functional groups attached to an aromatic ring is 1. The minimum absolute atomic E-state index is 0.327. The van der Waals surface area contributed by atoms with Crippen molar-refractivity contribution in [2.75, 3.05) is 5.73 Å². The molecule has 0 saturated heterocycles. The Labute approximate surface area is 104 Å². The fraction of sp³-hybridized carbons (Fsp3) is 0.714. The first-order valence-corrected chi connectivity index (χ1v) is 6.60. The summed E-state index contributed by atoms with van der Waals surface area (Å²) in [4.78, 5) is 9.14. The van der Waals surface area contributed by atoms with Crippen LogP contribution in [-0.4, -0.2) is 9.97 Å². The molecule has 0 fully saturated rings. The van der Waals surface area contributed by atoms with Crippen molar-refractivity contribution < 1.29 is 0 Å². The van der Waals surface area contributed by atoms with Gasteiger partial charge in [-0.1, -0.05) is 20.8 Å². The lowest BCUT2D eigenvalue weighted by atomic mass is 9.90. The van der Waals surface area contributed by atoms with Crippen LogP contribution in [0.25, 0.3) is 0 Å². The van der Waals surface area contributed by atoms with Crippen LogP contribution in [0.15, 0.2) is 0 Å². The molecule has 1 aliphatic carbocycles. The summed E-state index contributed by atoms with van der Waals surface area (Å²) in [5.41, 5.74) is 8.76. The zero-order valence-corrected chi connectivity index (χ0v) is 11.2. The monoisotopic (exact) mass is 233 g/mol. The third-order valence-electron chi connectivity index (χ3n) is 3.36. The van der Waals surface area contributed by atoms with Gasteiger partial charge >= 0.3 is 0 Å². The Balaban J connectivity index is 2.16. The Morgan fingerprint density at radius 2 is 1.82 bits per heavy atom. The molecule has 0 aromatic carbocycles. The number of hydrogen-bond acceptors (Lipinski definition) is 3. The lowest BCUT2D eigenvalue weighted by Crippen LogP contribution is -2.15. The van der Waals surface area contributed by atoms with E-state index < -0.39 is 0 Å². The van der Waals surface area contributed by atoms with Crippen molar-refractivity contribution in [1.29, 1.82) is 0 Å². The molecule has 0 aliphatic heterocycles. The van der Waals surface area contributed by atoms with Gasteiger partial charge in [0.25, 0.3) is 0 Å². The first-order chi connectivity index (χ1) is 7.96. The number of fused-ring (bicyclic) bond motifs is 1. The third-order valence-corrected chi connectivity index (χ3v) is 3.36. The summed E-state index contributed by atoms with van der Waals surface area (Å²) in [6.45, 7) is 6.73. The highest BCUT2D eigenvalue weighted by atomic mass is 15.0. The Bertz CT molecular complexity index is 405. The highest BCUT2D eigenvalue weighted by molar-refractivity contribution is 5.43. The van der Waals surface area contributed by atoms with Crippen LogP contribution in [0.1, 0.15) is 57.1 Å². The second-order valence-electron chi connectivity index (χ2n) is 6.22. The quantitative estimate of drug-likeness (QED) is 0.854. The summed E-state index contributed by atoms with van der Waals surface area (Å²) in [6.07, 6.45) is 6.63. The zero-order valence-electron chi connectivity index (χ0n) is 11.2. The van der Waals surface area contributed by atoms with Crippen molar-refractivity contribution in [1.82, 2.24) is 9.97 Å². The minimum Gasteiger partial charge on any atom is -0.383 e. The molecule has 1 aromatic rings. The van der Waals surface area contributed by atoms with Gasteiger partial charge in [0.2, 0.25) is 0 Å². The minimum atomic E-state index is 0.327. The first-order valence-electron chi connectivity index (χ1n) is 6.60. The summed E-state index contributed by atoms with van der Waals surface area (Å²) in [5.74, 6) is 1.65. The smallest absolute Gasteiger partial charge is 0.131 e. The number of aromatic nitrogens is 2. The van der Waals surface area contributed by atoms with Gasteiger partial charge in [-0.05, 0) is 37.5 Å². The SMILES string of the molecule is CC(C)(C)CCc1nc(N)c2c(n1)CCCC2. The molecule has 0 radical (unpaired) electrons. The number of rotatable bonds is 2. The molecule has 2 N–H and O–H groups in total. The van der Waals surface area contributed by atoms with Crippen molar-refractivity contribution in [3.05, 3.63) is 17.1 Å². The van der Waals surface area contributed by atoms with E-state index in [2.05, 4.69) is 30.7 Å². The van der Waals surface area contributed by atoms with Gasteiger partial charge in [-0.3, -0.25) is 0 Å². The van der Waals surface area contributed by atoms with Crippen molar-refractivity contribution in [3.63, 3.8) is 0 Å². The molecule has 0 bridgehead atoms. The zero-order chi connectivity index (χ0) is 12.5. The van der Waals surface area contributed by atoms with Gasteiger partial charge < -0.3 is 5.73 Å². The summed E-state index contributed by atoms with van der Waals surface area (Å²) in [5, 5.41) is 0. The predicted molar refractivity (Wildman–Crippen MR) is 70.9 cm³/mol. The van der Waals surface area contributed by atoms with Gasteiger partial charge in [0, 0.05) is 17.7 Å². The molecule has 0 atom stereocenters. The second-order valence-corrected chi connectivity index (χ2v) is 6.22. The largest absolute Gasteiger partial charge is 0.383 e. The van der Waals surface area contributed by atoms with E-state index in [9.17, 15) is 0 Å². The Morgan fingerprint density at radius 1 is 1.12 bits per heavy atom. The summed E-state index contributed by atoms with van der Waals surface area (Å²) >= 11 is 0. The normalized spacial score (nSPS) is 15.7.